The average Bonchev–Trinajstić information content (AvgIpc) is 2.80. The summed E-state index contributed by atoms with van der Waals surface area (Å²) >= 11 is 5.96. The van der Waals surface area contributed by atoms with Crippen molar-refractivity contribution in [2.75, 3.05) is 0 Å². The minimum atomic E-state index is -0.543. The van der Waals surface area contributed by atoms with Crippen molar-refractivity contribution < 1.29 is 5.11 Å². The Kier molecular flexibility index (Phi) is 4.04. The highest BCUT2D eigenvalue weighted by Crippen LogP contribution is 2.24. The van der Waals surface area contributed by atoms with Crippen molar-refractivity contribution in [3.8, 4) is 0 Å². The van der Waals surface area contributed by atoms with Gasteiger partial charge in [-0.15, -0.1) is 0 Å². The lowest BCUT2D eigenvalue weighted by molar-refractivity contribution is 0.177. The van der Waals surface area contributed by atoms with Gasteiger partial charge in [-0.05, 0) is 42.7 Å². The third-order valence-corrected chi connectivity index (χ3v) is 3.28. The van der Waals surface area contributed by atoms with Crippen LogP contribution in [0.4, 0.5) is 0 Å². The average molecular weight is 265 g/mol. The van der Waals surface area contributed by atoms with Gasteiger partial charge in [0.15, 0.2) is 0 Å². The van der Waals surface area contributed by atoms with Crippen molar-refractivity contribution in [3.63, 3.8) is 0 Å². The summed E-state index contributed by atoms with van der Waals surface area (Å²) in [7, 11) is 0. The van der Waals surface area contributed by atoms with Crippen molar-refractivity contribution in [1.82, 2.24) is 9.78 Å². The number of aliphatic hydroxyl groups excluding tert-OH is 1. The molecule has 1 unspecified atom stereocenters. The van der Waals surface area contributed by atoms with E-state index in [1.54, 1.807) is 6.20 Å². The third kappa shape index (κ3) is 2.92. The van der Waals surface area contributed by atoms with Gasteiger partial charge < -0.3 is 5.11 Å². The Morgan fingerprint density at radius 3 is 2.89 bits per heavy atom. The monoisotopic (exact) mass is 264 g/mol. The van der Waals surface area contributed by atoms with Gasteiger partial charge in [0.2, 0.25) is 0 Å². The molecule has 0 aliphatic rings. The van der Waals surface area contributed by atoms with E-state index in [0.717, 1.165) is 23.2 Å². The molecule has 0 spiro atoms. The second-order valence-corrected chi connectivity index (χ2v) is 4.86. The molecule has 1 atom stereocenters. The summed E-state index contributed by atoms with van der Waals surface area (Å²) in [5.41, 5.74) is 2.96. The molecule has 2 aromatic rings. The van der Waals surface area contributed by atoms with Gasteiger partial charge in [-0.2, -0.15) is 5.10 Å². The fourth-order valence-electron chi connectivity index (χ4n) is 1.99. The van der Waals surface area contributed by atoms with Crippen molar-refractivity contribution in [2.45, 2.75) is 32.9 Å². The van der Waals surface area contributed by atoms with E-state index < -0.39 is 6.10 Å². The zero-order valence-electron chi connectivity index (χ0n) is 10.6. The zero-order chi connectivity index (χ0) is 13.1. The number of halogens is 1. The quantitative estimate of drug-likeness (QED) is 0.921. The molecule has 1 aromatic heterocycles. The maximum absolute atomic E-state index is 10.3. The van der Waals surface area contributed by atoms with Gasteiger partial charge in [0.25, 0.3) is 0 Å². The Balaban J connectivity index is 2.16. The Morgan fingerprint density at radius 1 is 1.44 bits per heavy atom. The van der Waals surface area contributed by atoms with Gasteiger partial charge in [0.05, 0.1) is 12.3 Å². The Bertz CT molecular complexity index is 536. The lowest BCUT2D eigenvalue weighted by atomic mass is 9.99. The molecular formula is C14H17ClN2O. The first-order valence-corrected chi connectivity index (χ1v) is 6.43. The molecule has 0 fully saturated rings. The van der Waals surface area contributed by atoms with Crippen LogP contribution in [-0.4, -0.2) is 14.9 Å². The minimum Gasteiger partial charge on any atom is -0.388 e. The van der Waals surface area contributed by atoms with E-state index in [0.29, 0.717) is 11.4 Å². The summed E-state index contributed by atoms with van der Waals surface area (Å²) in [6.45, 7) is 4.85. The molecule has 0 saturated carbocycles. The summed E-state index contributed by atoms with van der Waals surface area (Å²) in [6.07, 6.45) is 3.77. The number of rotatable bonds is 4. The topological polar surface area (TPSA) is 38.0 Å². The number of aromatic nitrogens is 2. The molecular weight excluding hydrogens is 248 g/mol. The summed E-state index contributed by atoms with van der Waals surface area (Å²) in [5, 5.41) is 15.1. The minimum absolute atomic E-state index is 0.543. The molecule has 0 bridgehead atoms. The Hall–Kier alpha value is -1.32. The maximum Gasteiger partial charge on any atom is 0.0834 e. The number of aliphatic hydroxyl groups is 1. The van der Waals surface area contributed by atoms with E-state index in [1.807, 2.05) is 42.9 Å². The van der Waals surface area contributed by atoms with Crippen LogP contribution >= 0.6 is 11.6 Å². The van der Waals surface area contributed by atoms with Crippen molar-refractivity contribution in [1.29, 1.82) is 0 Å². The van der Waals surface area contributed by atoms with Crippen LogP contribution in [0.1, 0.15) is 29.7 Å². The number of nitrogens with zero attached hydrogens (tertiary/aromatic N) is 2. The van der Waals surface area contributed by atoms with Crippen LogP contribution in [0, 0.1) is 6.92 Å². The first-order chi connectivity index (χ1) is 8.60. The van der Waals surface area contributed by atoms with Crippen LogP contribution in [0.2, 0.25) is 5.02 Å². The second kappa shape index (κ2) is 5.55. The lowest BCUT2D eigenvalue weighted by Gasteiger charge is -2.13. The molecule has 1 N–H and O–H groups in total. The molecule has 0 radical (unpaired) electrons. The van der Waals surface area contributed by atoms with Crippen LogP contribution in [0.25, 0.3) is 0 Å². The van der Waals surface area contributed by atoms with Crippen molar-refractivity contribution in [3.05, 3.63) is 52.3 Å². The van der Waals surface area contributed by atoms with Crippen molar-refractivity contribution >= 4 is 11.6 Å². The van der Waals surface area contributed by atoms with Crippen LogP contribution < -0.4 is 0 Å². The van der Waals surface area contributed by atoms with E-state index in [-0.39, 0.29) is 0 Å². The highest BCUT2D eigenvalue weighted by atomic mass is 35.5. The predicted molar refractivity (Wildman–Crippen MR) is 72.8 cm³/mol. The molecule has 1 aromatic carbocycles. The van der Waals surface area contributed by atoms with Crippen LogP contribution in [0.5, 0.6) is 0 Å². The first kappa shape index (κ1) is 13.1. The second-order valence-electron chi connectivity index (χ2n) is 4.43. The van der Waals surface area contributed by atoms with Gasteiger partial charge in [-0.1, -0.05) is 17.7 Å². The standard InChI is InChI=1S/C14H17ClN2O/c1-3-17-9-11(8-16-17)6-14(18)13-7-12(15)5-4-10(13)2/h4-5,7-9,14,18H,3,6H2,1-2H3. The lowest BCUT2D eigenvalue weighted by Crippen LogP contribution is -2.03. The van der Waals surface area contributed by atoms with Gasteiger partial charge >= 0.3 is 0 Å². The van der Waals surface area contributed by atoms with E-state index in [2.05, 4.69) is 5.10 Å². The highest BCUT2D eigenvalue weighted by molar-refractivity contribution is 6.30. The van der Waals surface area contributed by atoms with Gasteiger partial charge in [-0.25, -0.2) is 0 Å². The highest BCUT2D eigenvalue weighted by Gasteiger charge is 2.12. The Morgan fingerprint density at radius 2 is 2.22 bits per heavy atom. The smallest absolute Gasteiger partial charge is 0.0834 e. The fourth-order valence-corrected chi connectivity index (χ4v) is 2.17. The number of hydrogen-bond donors (Lipinski definition) is 1. The number of hydrogen-bond acceptors (Lipinski definition) is 2. The first-order valence-electron chi connectivity index (χ1n) is 6.05. The van der Waals surface area contributed by atoms with E-state index >= 15 is 0 Å². The van der Waals surface area contributed by atoms with Crippen LogP contribution in [-0.2, 0) is 13.0 Å². The van der Waals surface area contributed by atoms with E-state index in [1.165, 1.54) is 0 Å². The largest absolute Gasteiger partial charge is 0.388 e. The third-order valence-electron chi connectivity index (χ3n) is 3.04. The molecule has 96 valence electrons. The van der Waals surface area contributed by atoms with Gasteiger partial charge in [-0.3, -0.25) is 4.68 Å². The normalized spacial score (nSPS) is 12.7. The Labute approximate surface area is 112 Å². The molecule has 0 aliphatic carbocycles. The summed E-state index contributed by atoms with van der Waals surface area (Å²) in [5.74, 6) is 0. The summed E-state index contributed by atoms with van der Waals surface area (Å²) < 4.78 is 1.85. The van der Waals surface area contributed by atoms with Gasteiger partial charge in [0, 0.05) is 24.2 Å². The summed E-state index contributed by atoms with van der Waals surface area (Å²) in [6, 6.07) is 5.59. The molecule has 0 amide bonds. The SMILES string of the molecule is CCn1cc(CC(O)c2cc(Cl)ccc2C)cn1. The number of aryl methyl sites for hydroxylation is 2. The fraction of sp³-hybridized carbons (Fsp3) is 0.357. The molecule has 2 rings (SSSR count). The number of benzene rings is 1. The molecule has 0 aliphatic heterocycles. The van der Waals surface area contributed by atoms with Crippen LogP contribution in [0.15, 0.2) is 30.6 Å². The molecule has 3 nitrogen and oxygen atoms in total. The van der Waals surface area contributed by atoms with E-state index in [9.17, 15) is 5.11 Å². The molecule has 18 heavy (non-hydrogen) atoms. The maximum atomic E-state index is 10.3. The van der Waals surface area contributed by atoms with Gasteiger partial charge in [0.1, 0.15) is 0 Å². The summed E-state index contributed by atoms with van der Waals surface area (Å²) in [4.78, 5) is 0. The van der Waals surface area contributed by atoms with Crippen molar-refractivity contribution in [2.24, 2.45) is 0 Å². The molecule has 0 saturated heterocycles. The zero-order valence-corrected chi connectivity index (χ0v) is 11.4. The van der Waals surface area contributed by atoms with E-state index in [4.69, 9.17) is 11.6 Å². The molecule has 1 heterocycles. The van der Waals surface area contributed by atoms with Crippen LogP contribution in [0.3, 0.4) is 0 Å². The molecule has 4 heteroatoms. The predicted octanol–water partition coefficient (Wildman–Crippen LogP) is 3.14.